The Bertz CT molecular complexity index is 1240. The van der Waals surface area contributed by atoms with E-state index < -0.39 is 64.4 Å². The molecule has 3 fully saturated rings. The molecule has 4 aliphatic carbocycles. The number of hydrogen-bond donors (Lipinski definition) is 1. The van der Waals surface area contributed by atoms with E-state index in [1.807, 2.05) is 33.9 Å². The summed E-state index contributed by atoms with van der Waals surface area (Å²) in [5.74, 6) is -2.85. The number of ether oxygens (including phenoxy) is 2. The van der Waals surface area contributed by atoms with E-state index in [1.165, 1.54) is 0 Å². The third-order valence-electron chi connectivity index (χ3n) is 10.9. The third-order valence-corrected chi connectivity index (χ3v) is 10.9. The summed E-state index contributed by atoms with van der Waals surface area (Å²) in [4.78, 5) is 38.6. The van der Waals surface area contributed by atoms with Gasteiger partial charge in [-0.05, 0) is 49.7 Å². The maximum absolute atomic E-state index is 17.9. The molecule has 0 unspecified atom stereocenters. The van der Waals surface area contributed by atoms with Crippen molar-refractivity contribution in [1.29, 1.82) is 0 Å². The molecule has 1 aromatic heterocycles. The van der Waals surface area contributed by atoms with Gasteiger partial charge in [0, 0.05) is 42.6 Å². The highest BCUT2D eigenvalue weighted by Crippen LogP contribution is 2.72. The second-order valence-electron chi connectivity index (χ2n) is 12.7. The number of alkyl halides is 1. The normalized spacial score (nSPS) is 40.5. The summed E-state index contributed by atoms with van der Waals surface area (Å²) in [6, 6.07) is 0. The Hall–Kier alpha value is -2.55. The molecule has 214 valence electrons. The number of aliphatic hydroxyl groups is 1. The predicted octanol–water partition coefficient (Wildman–Crippen LogP) is 4.13. The van der Waals surface area contributed by atoms with Gasteiger partial charge in [0.2, 0.25) is 5.78 Å². The maximum atomic E-state index is 17.9. The van der Waals surface area contributed by atoms with Gasteiger partial charge in [0.1, 0.15) is 5.67 Å². The molecule has 1 N–H and O–H groups in total. The van der Waals surface area contributed by atoms with Crippen molar-refractivity contribution in [3.8, 4) is 0 Å². The fraction of sp³-hybridized carbons (Fsp3) is 0.733. The van der Waals surface area contributed by atoms with Gasteiger partial charge < -0.3 is 14.6 Å². The molecule has 1 heterocycles. The second kappa shape index (κ2) is 9.25. The summed E-state index contributed by atoms with van der Waals surface area (Å²) in [5.41, 5.74) is -2.59. The van der Waals surface area contributed by atoms with Crippen molar-refractivity contribution in [3.05, 3.63) is 23.0 Å². The van der Waals surface area contributed by atoms with E-state index >= 15 is 4.39 Å². The molecule has 0 spiro atoms. The van der Waals surface area contributed by atoms with Gasteiger partial charge >= 0.3 is 11.9 Å². The highest BCUT2D eigenvalue weighted by molar-refractivity contribution is 5.93. The van der Waals surface area contributed by atoms with Gasteiger partial charge in [-0.2, -0.15) is 5.10 Å². The van der Waals surface area contributed by atoms with Crippen molar-refractivity contribution in [2.45, 2.75) is 96.9 Å². The van der Waals surface area contributed by atoms with Crippen LogP contribution in [0.1, 0.15) is 84.4 Å². The van der Waals surface area contributed by atoms with Crippen LogP contribution < -0.4 is 0 Å². The van der Waals surface area contributed by atoms with Crippen LogP contribution in [-0.4, -0.2) is 56.6 Å². The van der Waals surface area contributed by atoms with Crippen LogP contribution in [0.3, 0.4) is 0 Å². The van der Waals surface area contributed by atoms with Crippen molar-refractivity contribution >= 4 is 23.8 Å². The average molecular weight is 545 g/mol. The second-order valence-corrected chi connectivity index (χ2v) is 12.7. The van der Waals surface area contributed by atoms with Crippen LogP contribution >= 0.6 is 0 Å². The number of carbonyl (C=O) groups is 3. The molecule has 0 saturated heterocycles. The standard InChI is InChI=1S/C30H41FN2O6/c1-7-25(36)38-16-24(35)30(39-26(37)8-2)17(3)11-21-20-10-9-19-12-22-18(15-32-33(22)6)13-27(19,4)29(20,31)23(34)14-28(21,30)5/h12,15,17,20-21,23,34H,7-11,13-14,16H2,1-6H3/t17-,20+,21+,23+,27+,28+,29+,30+/m1/s1. The van der Waals surface area contributed by atoms with Gasteiger partial charge in [0.05, 0.1) is 18.0 Å². The SMILES string of the molecule is CCC(=O)OCC(=O)[C@@]1(OC(=O)CC)[C@H](C)C[C@H]2[C@@H]3CCC4=Cc5c(cnn5C)C[C@]4(C)[C@@]3(F)[C@@H](O)C[C@@]21C. The van der Waals surface area contributed by atoms with Gasteiger partial charge in [0.15, 0.2) is 12.2 Å². The van der Waals surface area contributed by atoms with Crippen molar-refractivity contribution < 1.29 is 33.4 Å². The molecule has 9 heteroatoms. The first-order valence-electron chi connectivity index (χ1n) is 14.3. The molecule has 0 amide bonds. The summed E-state index contributed by atoms with van der Waals surface area (Å²) in [6.07, 6.45) is 4.68. The van der Waals surface area contributed by atoms with Gasteiger partial charge in [-0.15, -0.1) is 0 Å². The molecule has 5 rings (SSSR count). The van der Waals surface area contributed by atoms with Gasteiger partial charge in [-0.25, -0.2) is 4.39 Å². The zero-order valence-corrected chi connectivity index (χ0v) is 23.9. The van der Waals surface area contributed by atoms with Gasteiger partial charge in [0.25, 0.3) is 0 Å². The quantitative estimate of drug-likeness (QED) is 0.537. The van der Waals surface area contributed by atoms with E-state index in [4.69, 9.17) is 9.47 Å². The molecule has 0 radical (unpaired) electrons. The number of aromatic nitrogens is 2. The molecule has 8 atom stereocenters. The Kier molecular flexibility index (Phi) is 6.64. The first-order chi connectivity index (χ1) is 18.3. The summed E-state index contributed by atoms with van der Waals surface area (Å²) in [6.45, 7) is 8.42. The molecule has 3 saturated carbocycles. The zero-order valence-electron chi connectivity index (χ0n) is 23.9. The molecule has 0 bridgehead atoms. The van der Waals surface area contributed by atoms with Crippen LogP contribution in [-0.2, 0) is 37.3 Å². The van der Waals surface area contributed by atoms with Crippen LogP contribution in [0, 0.1) is 28.6 Å². The van der Waals surface area contributed by atoms with Crippen LogP contribution in [0.25, 0.3) is 6.08 Å². The number of nitrogens with zero attached hydrogens (tertiary/aromatic N) is 2. The first-order valence-corrected chi connectivity index (χ1v) is 14.3. The summed E-state index contributed by atoms with van der Waals surface area (Å²) in [5, 5.41) is 16.2. The van der Waals surface area contributed by atoms with Crippen molar-refractivity contribution in [1.82, 2.24) is 9.78 Å². The number of halogens is 1. The molecule has 4 aliphatic rings. The lowest BCUT2D eigenvalue weighted by atomic mass is 9.43. The van der Waals surface area contributed by atoms with E-state index in [9.17, 15) is 19.5 Å². The highest BCUT2D eigenvalue weighted by atomic mass is 19.1. The van der Waals surface area contributed by atoms with Gasteiger partial charge in [-0.3, -0.25) is 19.1 Å². The lowest BCUT2D eigenvalue weighted by Gasteiger charge is -2.63. The number of allylic oxidation sites excluding steroid dienone is 1. The minimum Gasteiger partial charge on any atom is -0.457 e. The number of rotatable bonds is 6. The average Bonchev–Trinajstić information content (AvgIpc) is 3.35. The van der Waals surface area contributed by atoms with Crippen molar-refractivity contribution in [2.24, 2.45) is 35.6 Å². The summed E-state index contributed by atoms with van der Waals surface area (Å²) < 4.78 is 31.0. The minimum absolute atomic E-state index is 0.0395. The topological polar surface area (TPSA) is 108 Å². The van der Waals surface area contributed by atoms with E-state index in [1.54, 1.807) is 24.7 Å². The molecule has 0 aliphatic heterocycles. The first kappa shape index (κ1) is 28.0. The monoisotopic (exact) mass is 544 g/mol. The van der Waals surface area contributed by atoms with Gasteiger partial charge in [-0.1, -0.05) is 40.2 Å². The molecule has 8 nitrogen and oxygen atoms in total. The fourth-order valence-corrected chi connectivity index (χ4v) is 8.98. The number of aliphatic hydroxyl groups excluding tert-OH is 1. The third kappa shape index (κ3) is 3.57. The minimum atomic E-state index is -1.93. The van der Waals surface area contributed by atoms with Crippen molar-refractivity contribution in [2.75, 3.05) is 6.61 Å². The van der Waals surface area contributed by atoms with Crippen LogP contribution in [0.15, 0.2) is 11.8 Å². The summed E-state index contributed by atoms with van der Waals surface area (Å²) in [7, 11) is 1.88. The smallest absolute Gasteiger partial charge is 0.306 e. The van der Waals surface area contributed by atoms with E-state index in [0.717, 1.165) is 16.8 Å². The van der Waals surface area contributed by atoms with Crippen LogP contribution in [0.5, 0.6) is 0 Å². The van der Waals surface area contributed by atoms with Crippen LogP contribution in [0.4, 0.5) is 4.39 Å². The maximum Gasteiger partial charge on any atom is 0.306 e. The Labute approximate surface area is 229 Å². The van der Waals surface area contributed by atoms with E-state index in [2.05, 4.69) is 5.10 Å². The Morgan fingerprint density at radius 1 is 1.18 bits per heavy atom. The number of fused-ring (bicyclic) bond motifs is 6. The Morgan fingerprint density at radius 2 is 1.87 bits per heavy atom. The number of carbonyl (C=O) groups excluding carboxylic acids is 3. The number of Topliss-reactive ketones (excluding diaryl/α,β-unsaturated/α-hetero) is 1. The number of aryl methyl sites for hydroxylation is 1. The zero-order chi connectivity index (χ0) is 28.5. The highest BCUT2D eigenvalue weighted by Gasteiger charge is 2.77. The van der Waals surface area contributed by atoms with Crippen molar-refractivity contribution in [3.63, 3.8) is 0 Å². The van der Waals surface area contributed by atoms with Crippen LogP contribution in [0.2, 0.25) is 0 Å². The molecule has 0 aromatic carbocycles. The largest absolute Gasteiger partial charge is 0.457 e. The molecule has 39 heavy (non-hydrogen) atoms. The lowest BCUT2D eigenvalue weighted by molar-refractivity contribution is -0.234. The predicted molar refractivity (Wildman–Crippen MR) is 141 cm³/mol. The Balaban J connectivity index is 1.58. The lowest BCUT2D eigenvalue weighted by Crippen LogP contribution is -2.70. The fourth-order valence-electron chi connectivity index (χ4n) is 8.98. The number of esters is 2. The Morgan fingerprint density at radius 3 is 2.54 bits per heavy atom. The molecule has 1 aromatic rings. The number of hydrogen-bond acceptors (Lipinski definition) is 7. The molecular weight excluding hydrogens is 503 g/mol. The van der Waals surface area contributed by atoms with E-state index in [-0.39, 0.29) is 25.2 Å². The summed E-state index contributed by atoms with van der Waals surface area (Å²) >= 11 is 0. The molecular formula is C30H41FN2O6. The number of ketones is 1. The van der Waals surface area contributed by atoms with E-state index in [0.29, 0.717) is 25.7 Å².